The van der Waals surface area contributed by atoms with Crippen molar-refractivity contribution in [2.45, 2.75) is 32.2 Å². The molecule has 102 valence electrons. The molecule has 0 aliphatic carbocycles. The second-order valence-corrected chi connectivity index (χ2v) is 4.07. The quantitative estimate of drug-likeness (QED) is 0.444. The van der Waals surface area contributed by atoms with Crippen molar-refractivity contribution in [1.82, 2.24) is 10.6 Å². The van der Waals surface area contributed by atoms with Crippen LogP contribution in [-0.2, 0) is 14.3 Å². The number of amides is 2. The van der Waals surface area contributed by atoms with E-state index in [1.54, 1.807) is 6.92 Å². The number of unbranched alkanes of at least 4 members (excludes halogenated alkanes) is 1. The summed E-state index contributed by atoms with van der Waals surface area (Å²) < 4.78 is 4.68. The number of aliphatic carboxylic acids is 1. The van der Waals surface area contributed by atoms with Gasteiger partial charge >= 0.3 is 12.1 Å². The molecule has 0 bridgehead atoms. The molecule has 2 amide bonds. The number of hydrogen-bond acceptors (Lipinski definition) is 4. The molecule has 1 saturated heterocycles. The van der Waals surface area contributed by atoms with E-state index in [-0.39, 0.29) is 5.91 Å². The number of ether oxygens (including phenoxy) is 1. The van der Waals surface area contributed by atoms with Crippen LogP contribution in [0.15, 0.2) is 0 Å². The molecule has 0 radical (unpaired) electrons. The van der Waals surface area contributed by atoms with E-state index in [9.17, 15) is 14.4 Å². The second-order valence-electron chi connectivity index (χ2n) is 4.07. The van der Waals surface area contributed by atoms with Gasteiger partial charge in [0, 0.05) is 6.54 Å². The fourth-order valence-electron chi connectivity index (χ4n) is 1.81. The highest BCUT2D eigenvalue weighted by Crippen LogP contribution is 2.21. The van der Waals surface area contributed by atoms with Crippen molar-refractivity contribution in [2.75, 3.05) is 13.2 Å². The Balaban J connectivity index is 2.09. The minimum atomic E-state index is -0.996. The molecule has 18 heavy (non-hydrogen) atoms. The monoisotopic (exact) mass is 258 g/mol. The molecule has 1 fully saturated rings. The summed E-state index contributed by atoms with van der Waals surface area (Å²) in [6.07, 6.45) is 1.44. The van der Waals surface area contributed by atoms with Crippen LogP contribution in [0, 0.1) is 5.92 Å². The molecular formula is C11H18N2O5. The van der Waals surface area contributed by atoms with Crippen LogP contribution < -0.4 is 10.6 Å². The van der Waals surface area contributed by atoms with Gasteiger partial charge in [0.25, 0.3) is 0 Å². The van der Waals surface area contributed by atoms with Gasteiger partial charge in [0.15, 0.2) is 0 Å². The Morgan fingerprint density at radius 1 is 1.44 bits per heavy atom. The molecule has 0 saturated carbocycles. The lowest BCUT2D eigenvalue weighted by atomic mass is 9.86. The van der Waals surface area contributed by atoms with Crippen LogP contribution in [-0.4, -0.2) is 42.3 Å². The summed E-state index contributed by atoms with van der Waals surface area (Å²) in [7, 11) is 0. The first-order chi connectivity index (χ1) is 8.56. The summed E-state index contributed by atoms with van der Waals surface area (Å²) in [6, 6.07) is -0.754. The van der Waals surface area contributed by atoms with Crippen LogP contribution in [0.2, 0.25) is 0 Å². The number of carboxylic acid groups (broad SMARTS) is 1. The number of carbonyl (C=O) groups is 3. The van der Waals surface area contributed by atoms with E-state index in [0.717, 1.165) is 0 Å². The van der Waals surface area contributed by atoms with Crippen molar-refractivity contribution in [2.24, 2.45) is 5.92 Å². The molecule has 7 heteroatoms. The number of carbonyl (C=O) groups excluding carboxylic acids is 2. The van der Waals surface area contributed by atoms with Crippen molar-refractivity contribution in [3.63, 3.8) is 0 Å². The summed E-state index contributed by atoms with van der Waals surface area (Å²) in [4.78, 5) is 32.8. The Bertz CT molecular complexity index is 331. The van der Waals surface area contributed by atoms with Crippen molar-refractivity contribution in [3.05, 3.63) is 0 Å². The van der Waals surface area contributed by atoms with Gasteiger partial charge in [-0.1, -0.05) is 6.42 Å². The summed E-state index contributed by atoms with van der Waals surface area (Å²) in [6.45, 7) is 2.51. The Kier molecular flexibility index (Phi) is 5.41. The zero-order chi connectivity index (χ0) is 13.5. The average Bonchev–Trinajstić information content (AvgIpc) is 2.30. The first-order valence-corrected chi connectivity index (χ1v) is 6.00. The molecular weight excluding hydrogens is 240 g/mol. The molecule has 0 aromatic carbocycles. The molecule has 3 N–H and O–H groups in total. The Labute approximate surface area is 105 Å². The van der Waals surface area contributed by atoms with Crippen LogP contribution in [0.1, 0.15) is 26.2 Å². The van der Waals surface area contributed by atoms with Gasteiger partial charge in [-0.15, -0.1) is 0 Å². The van der Waals surface area contributed by atoms with Crippen molar-refractivity contribution in [3.8, 4) is 0 Å². The van der Waals surface area contributed by atoms with Crippen LogP contribution in [0.3, 0.4) is 0 Å². The first-order valence-electron chi connectivity index (χ1n) is 6.00. The van der Waals surface area contributed by atoms with Gasteiger partial charge in [0.05, 0.1) is 12.5 Å². The van der Waals surface area contributed by atoms with E-state index in [0.29, 0.717) is 32.4 Å². The van der Waals surface area contributed by atoms with E-state index in [1.165, 1.54) is 0 Å². The Morgan fingerprint density at radius 3 is 2.72 bits per heavy atom. The van der Waals surface area contributed by atoms with Gasteiger partial charge in [-0.3, -0.25) is 4.79 Å². The van der Waals surface area contributed by atoms with Gasteiger partial charge in [-0.25, -0.2) is 9.59 Å². The van der Waals surface area contributed by atoms with E-state index in [2.05, 4.69) is 15.4 Å². The zero-order valence-corrected chi connectivity index (χ0v) is 10.3. The highest BCUT2D eigenvalue weighted by Gasteiger charge is 2.43. The summed E-state index contributed by atoms with van der Waals surface area (Å²) in [5.41, 5.74) is 0. The zero-order valence-electron chi connectivity index (χ0n) is 10.3. The molecule has 1 rings (SSSR count). The number of nitrogens with one attached hydrogen (secondary N) is 2. The lowest BCUT2D eigenvalue weighted by Crippen LogP contribution is -2.61. The van der Waals surface area contributed by atoms with Gasteiger partial charge < -0.3 is 20.5 Å². The molecule has 2 atom stereocenters. The van der Waals surface area contributed by atoms with Crippen LogP contribution in [0.4, 0.5) is 4.79 Å². The summed E-state index contributed by atoms with van der Waals surface area (Å²) >= 11 is 0. The van der Waals surface area contributed by atoms with Crippen LogP contribution in [0.25, 0.3) is 0 Å². The molecule has 1 heterocycles. The minimum absolute atomic E-state index is 0.208. The maximum atomic E-state index is 11.1. The number of β-lactam (4-membered cyclic amide) rings is 1. The predicted molar refractivity (Wildman–Crippen MR) is 61.9 cm³/mol. The SMILES string of the molecule is CCOC(=O)NCCCCC1C(=O)NC1C(=O)O. The Hall–Kier alpha value is -1.79. The molecule has 7 nitrogen and oxygen atoms in total. The molecule has 0 aromatic heterocycles. The third kappa shape index (κ3) is 3.90. The molecule has 0 spiro atoms. The number of alkyl carbamates (subject to hydrolysis) is 1. The maximum Gasteiger partial charge on any atom is 0.407 e. The second kappa shape index (κ2) is 6.83. The predicted octanol–water partition coefficient (Wildman–Crippen LogP) is 0.102. The van der Waals surface area contributed by atoms with Crippen molar-refractivity contribution < 1.29 is 24.2 Å². The van der Waals surface area contributed by atoms with Gasteiger partial charge in [0.1, 0.15) is 6.04 Å². The lowest BCUT2D eigenvalue weighted by molar-refractivity contribution is -0.153. The van der Waals surface area contributed by atoms with Crippen molar-refractivity contribution >= 4 is 18.0 Å². The highest BCUT2D eigenvalue weighted by atomic mass is 16.5. The summed E-state index contributed by atoms with van der Waals surface area (Å²) in [5, 5.41) is 13.7. The van der Waals surface area contributed by atoms with Crippen LogP contribution in [0.5, 0.6) is 0 Å². The molecule has 0 aromatic rings. The maximum absolute atomic E-state index is 11.1. The standard InChI is InChI=1S/C11H18N2O5/c1-2-18-11(17)12-6-4-3-5-7-8(10(15)16)13-9(7)14/h7-8H,2-6H2,1H3,(H,12,17)(H,13,14)(H,15,16). The van der Waals surface area contributed by atoms with E-state index >= 15 is 0 Å². The lowest BCUT2D eigenvalue weighted by Gasteiger charge is -2.33. The average molecular weight is 258 g/mol. The number of carboxylic acids is 1. The molecule has 1 aliphatic heterocycles. The van der Waals surface area contributed by atoms with E-state index < -0.39 is 24.0 Å². The van der Waals surface area contributed by atoms with E-state index in [4.69, 9.17) is 5.11 Å². The normalized spacial score (nSPS) is 21.7. The topological polar surface area (TPSA) is 105 Å². The fraction of sp³-hybridized carbons (Fsp3) is 0.727. The number of rotatable bonds is 7. The molecule has 2 unspecified atom stereocenters. The minimum Gasteiger partial charge on any atom is -0.480 e. The van der Waals surface area contributed by atoms with E-state index in [1.807, 2.05) is 0 Å². The third-order valence-corrected chi connectivity index (χ3v) is 2.79. The van der Waals surface area contributed by atoms with Crippen molar-refractivity contribution in [1.29, 1.82) is 0 Å². The highest BCUT2D eigenvalue weighted by molar-refractivity contribution is 5.96. The van der Waals surface area contributed by atoms with Crippen LogP contribution >= 0.6 is 0 Å². The van der Waals surface area contributed by atoms with Gasteiger partial charge in [-0.2, -0.15) is 0 Å². The summed E-state index contributed by atoms with van der Waals surface area (Å²) in [5.74, 6) is -1.64. The smallest absolute Gasteiger partial charge is 0.407 e. The number of hydrogen-bond donors (Lipinski definition) is 3. The van der Waals surface area contributed by atoms with Gasteiger partial charge in [0.2, 0.25) is 5.91 Å². The first kappa shape index (κ1) is 14.3. The fourth-order valence-corrected chi connectivity index (χ4v) is 1.81. The Morgan fingerprint density at radius 2 is 2.17 bits per heavy atom. The molecule has 1 aliphatic rings. The largest absolute Gasteiger partial charge is 0.480 e. The third-order valence-electron chi connectivity index (χ3n) is 2.79. The van der Waals surface area contributed by atoms with Gasteiger partial charge in [-0.05, 0) is 19.8 Å².